The third-order valence-corrected chi connectivity index (χ3v) is 3.82. The number of ether oxygens (including phenoxy) is 2. The Bertz CT molecular complexity index is 794. The third-order valence-electron chi connectivity index (χ3n) is 3.82. The highest BCUT2D eigenvalue weighted by atomic mass is 16.5. The van der Waals surface area contributed by atoms with E-state index in [9.17, 15) is 19.5 Å². The third kappa shape index (κ3) is 6.67. The number of aromatic nitrogens is 4. The first kappa shape index (κ1) is 20.8. The van der Waals surface area contributed by atoms with Crippen LogP contribution in [0.4, 0.5) is 4.79 Å². The van der Waals surface area contributed by atoms with Crippen LogP contribution in [-0.2, 0) is 38.6 Å². The molecule has 0 saturated heterocycles. The number of hydrogen-bond acceptors (Lipinski definition) is 8. The van der Waals surface area contributed by atoms with Gasteiger partial charge < -0.3 is 19.9 Å². The minimum atomic E-state index is -1.20. The second kappa shape index (κ2) is 10.6. The Morgan fingerprint density at radius 2 is 2.00 bits per heavy atom. The zero-order valence-electron chi connectivity index (χ0n) is 15.3. The molecule has 2 aromatic rings. The molecule has 1 heterocycles. The smallest absolute Gasteiger partial charge is 0.408 e. The van der Waals surface area contributed by atoms with E-state index in [2.05, 4.69) is 25.6 Å². The Morgan fingerprint density at radius 3 is 2.68 bits per heavy atom. The number of aliphatic carboxylic acids is 1. The van der Waals surface area contributed by atoms with E-state index in [4.69, 9.17) is 4.74 Å². The molecule has 1 aromatic heterocycles. The Hall–Kier alpha value is -3.50. The summed E-state index contributed by atoms with van der Waals surface area (Å²) in [5.41, 5.74) is 0.786. The first-order valence-electron chi connectivity index (χ1n) is 8.51. The maximum Gasteiger partial charge on any atom is 0.408 e. The number of amides is 1. The molecule has 11 heteroatoms. The van der Waals surface area contributed by atoms with Gasteiger partial charge in [-0.05, 0) is 22.4 Å². The summed E-state index contributed by atoms with van der Waals surface area (Å²) in [7, 11) is 1.28. The van der Waals surface area contributed by atoms with Crippen molar-refractivity contribution in [1.82, 2.24) is 25.5 Å². The van der Waals surface area contributed by atoms with Crippen LogP contribution >= 0.6 is 0 Å². The van der Waals surface area contributed by atoms with E-state index in [1.807, 2.05) is 6.07 Å². The normalized spacial score (nSPS) is 11.5. The fourth-order valence-corrected chi connectivity index (χ4v) is 2.31. The summed E-state index contributed by atoms with van der Waals surface area (Å²) >= 11 is 0. The van der Waals surface area contributed by atoms with Crippen molar-refractivity contribution in [2.24, 2.45) is 0 Å². The number of benzene rings is 1. The molecule has 0 aliphatic carbocycles. The second-order valence-electron chi connectivity index (χ2n) is 5.78. The number of esters is 1. The largest absolute Gasteiger partial charge is 0.480 e. The van der Waals surface area contributed by atoms with Crippen LogP contribution in [0, 0.1) is 0 Å². The molecule has 2 rings (SSSR count). The van der Waals surface area contributed by atoms with Gasteiger partial charge in [0, 0.05) is 6.42 Å². The minimum absolute atomic E-state index is 0.0325. The first-order valence-corrected chi connectivity index (χ1v) is 8.51. The highest BCUT2D eigenvalue weighted by Crippen LogP contribution is 2.05. The van der Waals surface area contributed by atoms with Gasteiger partial charge in [0.2, 0.25) is 0 Å². The summed E-state index contributed by atoms with van der Waals surface area (Å²) < 4.78 is 11.0. The standard InChI is InChI=1S/C17H21N5O6/c1-27-15(23)9-10-22-14(19-20-21-22)8-7-13(16(24)25)18-17(26)28-11-12-5-3-2-4-6-12/h2-6,13H,7-11H2,1H3,(H,18,26)(H,24,25)/t13-/m0/s1. The highest BCUT2D eigenvalue weighted by Gasteiger charge is 2.22. The number of nitrogens with one attached hydrogen (secondary N) is 1. The van der Waals surface area contributed by atoms with Crippen molar-refractivity contribution >= 4 is 18.0 Å². The minimum Gasteiger partial charge on any atom is -0.480 e. The number of nitrogens with zero attached hydrogens (tertiary/aromatic N) is 4. The molecule has 1 aromatic carbocycles. The van der Waals surface area contributed by atoms with Gasteiger partial charge in [-0.15, -0.1) is 5.10 Å². The Morgan fingerprint density at radius 1 is 1.25 bits per heavy atom. The van der Waals surface area contributed by atoms with Crippen molar-refractivity contribution in [3.05, 3.63) is 41.7 Å². The lowest BCUT2D eigenvalue weighted by Gasteiger charge is -2.14. The number of carbonyl (C=O) groups is 3. The number of alkyl carbamates (subject to hydrolysis) is 1. The van der Waals surface area contributed by atoms with Gasteiger partial charge in [-0.3, -0.25) is 4.79 Å². The number of carboxylic acid groups (broad SMARTS) is 1. The average Bonchev–Trinajstić information content (AvgIpc) is 3.15. The van der Waals surface area contributed by atoms with Crippen LogP contribution in [0.25, 0.3) is 0 Å². The van der Waals surface area contributed by atoms with Gasteiger partial charge in [-0.2, -0.15) is 0 Å². The van der Waals surface area contributed by atoms with Crippen molar-refractivity contribution in [1.29, 1.82) is 0 Å². The number of aryl methyl sites for hydroxylation is 2. The number of tetrazole rings is 1. The zero-order chi connectivity index (χ0) is 20.4. The fourth-order valence-electron chi connectivity index (χ4n) is 2.31. The van der Waals surface area contributed by atoms with E-state index in [0.717, 1.165) is 5.56 Å². The van der Waals surface area contributed by atoms with Crippen LogP contribution in [-0.4, -0.2) is 56.5 Å². The molecule has 150 valence electrons. The molecule has 0 unspecified atom stereocenters. The molecular formula is C17H21N5O6. The van der Waals surface area contributed by atoms with E-state index >= 15 is 0 Å². The van der Waals surface area contributed by atoms with Crippen LogP contribution in [0.3, 0.4) is 0 Å². The first-order chi connectivity index (χ1) is 13.5. The SMILES string of the molecule is COC(=O)CCn1nnnc1CC[C@H](NC(=O)OCc1ccccc1)C(=O)O. The van der Waals surface area contributed by atoms with Gasteiger partial charge >= 0.3 is 18.0 Å². The van der Waals surface area contributed by atoms with Crippen molar-refractivity contribution in [3.8, 4) is 0 Å². The zero-order valence-corrected chi connectivity index (χ0v) is 15.3. The summed E-state index contributed by atoms with van der Waals surface area (Å²) in [5, 5.41) is 22.7. The molecule has 0 bridgehead atoms. The van der Waals surface area contributed by atoms with Crippen LogP contribution in [0.5, 0.6) is 0 Å². The summed E-state index contributed by atoms with van der Waals surface area (Å²) in [6, 6.07) is 7.85. The lowest BCUT2D eigenvalue weighted by Crippen LogP contribution is -2.41. The van der Waals surface area contributed by atoms with Crippen molar-refractivity contribution < 1.29 is 29.0 Å². The average molecular weight is 391 g/mol. The van der Waals surface area contributed by atoms with Gasteiger partial charge in [-0.25, -0.2) is 14.3 Å². The maximum atomic E-state index is 11.9. The molecule has 1 amide bonds. The van der Waals surface area contributed by atoms with Gasteiger partial charge in [0.15, 0.2) is 5.82 Å². The molecular weight excluding hydrogens is 370 g/mol. The van der Waals surface area contributed by atoms with E-state index in [0.29, 0.717) is 5.82 Å². The molecule has 0 saturated carbocycles. The topological polar surface area (TPSA) is 146 Å². The molecule has 0 fully saturated rings. The van der Waals surface area contributed by atoms with Crippen LogP contribution < -0.4 is 5.32 Å². The molecule has 28 heavy (non-hydrogen) atoms. The Balaban J connectivity index is 1.84. The summed E-state index contributed by atoms with van der Waals surface area (Å²) in [4.78, 5) is 34.5. The van der Waals surface area contributed by atoms with E-state index in [-0.39, 0.29) is 32.4 Å². The Labute approximate surface area is 160 Å². The van der Waals surface area contributed by atoms with Crippen LogP contribution in [0.1, 0.15) is 24.2 Å². The number of rotatable bonds is 10. The number of hydrogen-bond donors (Lipinski definition) is 2. The number of methoxy groups -OCH3 is 1. The molecule has 2 N–H and O–H groups in total. The summed E-state index contributed by atoms with van der Waals surface area (Å²) in [6.07, 6.45) is -0.513. The van der Waals surface area contributed by atoms with Gasteiger partial charge in [0.1, 0.15) is 12.6 Å². The van der Waals surface area contributed by atoms with Gasteiger partial charge in [-0.1, -0.05) is 30.3 Å². The van der Waals surface area contributed by atoms with E-state index in [1.165, 1.54) is 11.8 Å². The van der Waals surface area contributed by atoms with Crippen molar-refractivity contribution in [3.63, 3.8) is 0 Å². The molecule has 0 aliphatic rings. The maximum absolute atomic E-state index is 11.9. The molecule has 1 atom stereocenters. The predicted octanol–water partition coefficient (Wildman–Crippen LogP) is 0.548. The van der Waals surface area contributed by atoms with E-state index < -0.39 is 24.1 Å². The molecule has 11 nitrogen and oxygen atoms in total. The second-order valence-corrected chi connectivity index (χ2v) is 5.78. The molecule has 0 spiro atoms. The van der Waals surface area contributed by atoms with Crippen molar-refractivity contribution in [2.75, 3.05) is 7.11 Å². The monoisotopic (exact) mass is 391 g/mol. The van der Waals surface area contributed by atoms with Crippen molar-refractivity contribution in [2.45, 2.75) is 38.5 Å². The van der Waals surface area contributed by atoms with Crippen LogP contribution in [0.15, 0.2) is 30.3 Å². The lowest BCUT2D eigenvalue weighted by molar-refractivity contribution is -0.141. The fraction of sp³-hybridized carbons (Fsp3) is 0.412. The van der Waals surface area contributed by atoms with Crippen LogP contribution in [0.2, 0.25) is 0 Å². The van der Waals surface area contributed by atoms with E-state index in [1.54, 1.807) is 24.3 Å². The summed E-state index contributed by atoms with van der Waals surface area (Å²) in [6.45, 7) is 0.240. The van der Waals surface area contributed by atoms with Gasteiger partial charge in [0.05, 0.1) is 20.1 Å². The summed E-state index contributed by atoms with van der Waals surface area (Å²) in [5.74, 6) is -1.22. The number of carboxylic acids is 1. The Kier molecular flexibility index (Phi) is 7.88. The molecule has 0 aliphatic heterocycles. The number of carbonyl (C=O) groups excluding carboxylic acids is 2. The lowest BCUT2D eigenvalue weighted by atomic mass is 10.1. The highest BCUT2D eigenvalue weighted by molar-refractivity contribution is 5.79. The quantitative estimate of drug-likeness (QED) is 0.554. The van der Waals surface area contributed by atoms with Gasteiger partial charge in [0.25, 0.3) is 0 Å². The molecule has 0 radical (unpaired) electrons. The predicted molar refractivity (Wildman–Crippen MR) is 94.0 cm³/mol.